The summed E-state index contributed by atoms with van der Waals surface area (Å²) in [5.74, 6) is 0. The van der Waals surface area contributed by atoms with E-state index in [-0.39, 0.29) is 11.7 Å². The van der Waals surface area contributed by atoms with Gasteiger partial charge in [0.25, 0.3) is 5.56 Å². The molecular weight excluding hydrogens is 366 g/mol. The van der Waals surface area contributed by atoms with Gasteiger partial charge in [-0.05, 0) is 33.1 Å². The van der Waals surface area contributed by atoms with Crippen LogP contribution in [-0.4, -0.2) is 63.6 Å². The molecule has 8 nitrogen and oxygen atoms in total. The minimum absolute atomic E-state index is 0.0982. The highest BCUT2D eigenvalue weighted by Gasteiger charge is 2.27. The van der Waals surface area contributed by atoms with Crippen molar-refractivity contribution in [1.29, 1.82) is 0 Å². The molecule has 0 unspecified atom stereocenters. The molecule has 0 bridgehead atoms. The van der Waals surface area contributed by atoms with Crippen LogP contribution in [0.1, 0.15) is 20.8 Å². The van der Waals surface area contributed by atoms with E-state index in [0.717, 1.165) is 5.39 Å². The van der Waals surface area contributed by atoms with Crippen molar-refractivity contribution in [2.45, 2.75) is 31.5 Å². The van der Waals surface area contributed by atoms with Crippen LogP contribution in [-0.2, 0) is 11.8 Å². The molecule has 0 N–H and O–H groups in total. The third-order valence-corrected chi connectivity index (χ3v) is 4.92. The van der Waals surface area contributed by atoms with E-state index >= 15 is 0 Å². The van der Waals surface area contributed by atoms with Crippen molar-refractivity contribution in [3.8, 4) is 0 Å². The van der Waals surface area contributed by atoms with E-state index in [1.165, 1.54) is 11.8 Å². The molecule has 1 aliphatic rings. The summed E-state index contributed by atoms with van der Waals surface area (Å²) in [5.41, 5.74) is 0.613. The zero-order chi connectivity index (χ0) is 19.8. The number of hydrogen-bond acceptors (Lipinski definition) is 7. The van der Waals surface area contributed by atoms with Gasteiger partial charge in [0.1, 0.15) is 16.9 Å². The lowest BCUT2D eigenvalue weighted by Crippen LogP contribution is -2.51. The van der Waals surface area contributed by atoms with E-state index in [1.807, 2.05) is 38.0 Å². The summed E-state index contributed by atoms with van der Waals surface area (Å²) in [6, 6.07) is 1.84. The fourth-order valence-electron chi connectivity index (χ4n) is 3.00. The third-order valence-electron chi connectivity index (χ3n) is 4.36. The number of piperazine rings is 1. The Morgan fingerprint density at radius 1 is 1.22 bits per heavy atom. The highest BCUT2D eigenvalue weighted by molar-refractivity contribution is 7.98. The number of amides is 1. The second-order valence-electron chi connectivity index (χ2n) is 7.48. The molecule has 2 aromatic heterocycles. The minimum Gasteiger partial charge on any atom is -0.444 e. The Labute approximate surface area is 162 Å². The van der Waals surface area contributed by atoms with E-state index in [1.54, 1.807) is 22.7 Å². The summed E-state index contributed by atoms with van der Waals surface area (Å²) in [5, 5.41) is 1.45. The molecule has 3 heterocycles. The molecule has 0 aromatic carbocycles. The number of anilines is 1. The van der Waals surface area contributed by atoms with E-state index in [2.05, 4.69) is 9.97 Å². The molecule has 0 radical (unpaired) electrons. The number of carbonyl (C=O) groups is 1. The number of pyridine rings is 1. The van der Waals surface area contributed by atoms with Gasteiger partial charge in [0.15, 0.2) is 5.16 Å². The van der Waals surface area contributed by atoms with E-state index in [0.29, 0.717) is 42.7 Å². The topological polar surface area (TPSA) is 80.6 Å². The summed E-state index contributed by atoms with van der Waals surface area (Å²) < 4.78 is 6.99. The van der Waals surface area contributed by atoms with Crippen molar-refractivity contribution in [2.24, 2.45) is 7.05 Å². The number of thioether (sulfide) groups is 1. The smallest absolute Gasteiger partial charge is 0.410 e. The van der Waals surface area contributed by atoms with Gasteiger partial charge in [0.2, 0.25) is 0 Å². The number of fused-ring (bicyclic) bond motifs is 1. The summed E-state index contributed by atoms with van der Waals surface area (Å²) in [4.78, 5) is 37.5. The maximum absolute atomic E-state index is 12.8. The molecule has 1 aliphatic heterocycles. The minimum atomic E-state index is -0.516. The normalized spacial score (nSPS) is 15.3. The third kappa shape index (κ3) is 4.18. The van der Waals surface area contributed by atoms with Crippen LogP contribution in [0, 0.1) is 0 Å². The number of aromatic nitrogens is 3. The van der Waals surface area contributed by atoms with Crippen LogP contribution in [0.5, 0.6) is 0 Å². The monoisotopic (exact) mass is 391 g/mol. The van der Waals surface area contributed by atoms with Crippen LogP contribution in [0.25, 0.3) is 11.0 Å². The van der Waals surface area contributed by atoms with E-state index < -0.39 is 5.60 Å². The van der Waals surface area contributed by atoms with Crippen LogP contribution < -0.4 is 10.5 Å². The zero-order valence-electron chi connectivity index (χ0n) is 16.4. The standard InChI is InChI=1S/C18H25N5O3S/c1-18(2,3)26-17(25)23-8-6-22(7-9-23)13-10-12-11-19-16(27-5)20-14(12)21(4)15(13)24/h10-11H,6-9H2,1-5H3. The lowest BCUT2D eigenvalue weighted by molar-refractivity contribution is 0.0240. The Bertz CT molecular complexity index is 914. The van der Waals surface area contributed by atoms with Crippen molar-refractivity contribution in [1.82, 2.24) is 19.4 Å². The maximum atomic E-state index is 12.8. The summed E-state index contributed by atoms with van der Waals surface area (Å²) in [6.07, 6.45) is 3.33. The molecule has 0 spiro atoms. The van der Waals surface area contributed by atoms with Crippen molar-refractivity contribution in [2.75, 3.05) is 37.3 Å². The van der Waals surface area contributed by atoms with Gasteiger partial charge < -0.3 is 14.5 Å². The Kier molecular flexibility index (Phi) is 5.32. The molecule has 27 heavy (non-hydrogen) atoms. The van der Waals surface area contributed by atoms with Crippen LogP contribution in [0.15, 0.2) is 22.2 Å². The summed E-state index contributed by atoms with van der Waals surface area (Å²) >= 11 is 1.44. The number of aryl methyl sites for hydroxylation is 1. The Morgan fingerprint density at radius 2 is 1.89 bits per heavy atom. The second kappa shape index (κ2) is 7.38. The lowest BCUT2D eigenvalue weighted by atomic mass is 10.2. The van der Waals surface area contributed by atoms with Gasteiger partial charge in [-0.1, -0.05) is 11.8 Å². The van der Waals surface area contributed by atoms with Gasteiger partial charge in [-0.3, -0.25) is 9.36 Å². The first-order valence-electron chi connectivity index (χ1n) is 8.83. The fourth-order valence-corrected chi connectivity index (χ4v) is 3.33. The van der Waals surface area contributed by atoms with Gasteiger partial charge in [-0.2, -0.15) is 0 Å². The first-order valence-corrected chi connectivity index (χ1v) is 10.1. The van der Waals surface area contributed by atoms with Crippen molar-refractivity contribution in [3.63, 3.8) is 0 Å². The maximum Gasteiger partial charge on any atom is 0.410 e. The average molecular weight is 391 g/mol. The summed E-state index contributed by atoms with van der Waals surface area (Å²) in [6.45, 7) is 7.73. The van der Waals surface area contributed by atoms with Gasteiger partial charge in [-0.25, -0.2) is 14.8 Å². The molecule has 0 saturated carbocycles. The second-order valence-corrected chi connectivity index (χ2v) is 8.26. The van der Waals surface area contributed by atoms with Gasteiger partial charge in [0, 0.05) is 44.8 Å². The van der Waals surface area contributed by atoms with Crippen LogP contribution >= 0.6 is 11.8 Å². The zero-order valence-corrected chi connectivity index (χ0v) is 17.2. The van der Waals surface area contributed by atoms with Crippen LogP contribution in [0.4, 0.5) is 10.5 Å². The number of carbonyl (C=O) groups excluding carboxylic acids is 1. The van der Waals surface area contributed by atoms with E-state index in [9.17, 15) is 9.59 Å². The van der Waals surface area contributed by atoms with Crippen molar-refractivity contribution in [3.05, 3.63) is 22.6 Å². The molecule has 1 fully saturated rings. The molecule has 0 atom stereocenters. The Hall–Kier alpha value is -2.29. The largest absolute Gasteiger partial charge is 0.444 e. The molecular formula is C18H25N5O3S. The molecule has 3 rings (SSSR count). The number of ether oxygens (including phenoxy) is 1. The number of nitrogens with zero attached hydrogens (tertiary/aromatic N) is 5. The fraction of sp³-hybridized carbons (Fsp3) is 0.556. The lowest BCUT2D eigenvalue weighted by Gasteiger charge is -2.36. The quantitative estimate of drug-likeness (QED) is 0.573. The molecule has 146 valence electrons. The average Bonchev–Trinajstić information content (AvgIpc) is 2.63. The Balaban J connectivity index is 1.80. The SMILES string of the molecule is CSc1ncc2cc(N3CCN(C(=O)OC(C)(C)C)CC3)c(=O)n(C)c2n1. The first kappa shape index (κ1) is 19.5. The molecule has 0 aliphatic carbocycles. The Morgan fingerprint density at radius 3 is 2.48 bits per heavy atom. The highest BCUT2D eigenvalue weighted by atomic mass is 32.2. The molecule has 1 saturated heterocycles. The molecule has 9 heteroatoms. The van der Waals surface area contributed by atoms with Gasteiger partial charge in [0.05, 0.1) is 0 Å². The number of hydrogen-bond donors (Lipinski definition) is 0. The van der Waals surface area contributed by atoms with Crippen LogP contribution in [0.2, 0.25) is 0 Å². The van der Waals surface area contributed by atoms with Crippen molar-refractivity contribution < 1.29 is 9.53 Å². The van der Waals surface area contributed by atoms with Crippen molar-refractivity contribution >= 4 is 34.6 Å². The van der Waals surface area contributed by atoms with E-state index in [4.69, 9.17) is 4.74 Å². The predicted octanol–water partition coefficient (Wildman–Crippen LogP) is 2.11. The molecule has 2 aromatic rings. The summed E-state index contributed by atoms with van der Waals surface area (Å²) in [7, 11) is 1.72. The predicted molar refractivity (Wildman–Crippen MR) is 107 cm³/mol. The molecule has 1 amide bonds. The van der Waals surface area contributed by atoms with Gasteiger partial charge >= 0.3 is 6.09 Å². The van der Waals surface area contributed by atoms with Gasteiger partial charge in [-0.15, -0.1) is 0 Å². The van der Waals surface area contributed by atoms with Crippen LogP contribution in [0.3, 0.4) is 0 Å². The first-order chi connectivity index (χ1) is 12.7. The number of rotatable bonds is 2. The highest BCUT2D eigenvalue weighted by Crippen LogP contribution is 2.20.